The zero-order valence-corrected chi connectivity index (χ0v) is 11.3. The molecule has 110 valence electrons. The predicted molar refractivity (Wildman–Crippen MR) is 72.7 cm³/mol. The van der Waals surface area contributed by atoms with Gasteiger partial charge in [-0.05, 0) is 18.9 Å². The maximum atomic E-state index is 12.0. The first-order valence-corrected chi connectivity index (χ1v) is 6.28. The van der Waals surface area contributed by atoms with Crippen molar-refractivity contribution < 1.29 is 19.6 Å². The number of aliphatic hydroxyl groups is 1. The Morgan fingerprint density at radius 3 is 2.85 bits per heavy atom. The monoisotopic (exact) mass is 282 g/mol. The van der Waals surface area contributed by atoms with Gasteiger partial charge in [0.2, 0.25) is 0 Å². The van der Waals surface area contributed by atoms with Crippen molar-refractivity contribution in [1.82, 2.24) is 5.32 Å². The van der Waals surface area contributed by atoms with Gasteiger partial charge >= 0.3 is 0 Å². The number of benzene rings is 1. The minimum Gasteiger partial charge on any atom is -0.394 e. The number of nitro benzene ring substituents is 1. The molecule has 0 heterocycles. The van der Waals surface area contributed by atoms with E-state index >= 15 is 0 Å². The highest BCUT2D eigenvalue weighted by atomic mass is 16.6. The van der Waals surface area contributed by atoms with Crippen LogP contribution < -0.4 is 5.32 Å². The summed E-state index contributed by atoms with van der Waals surface area (Å²) in [6.45, 7) is 2.65. The molecule has 1 amide bonds. The van der Waals surface area contributed by atoms with Crippen molar-refractivity contribution in [3.05, 3.63) is 39.4 Å². The number of aryl methyl sites for hydroxylation is 1. The van der Waals surface area contributed by atoms with Crippen molar-refractivity contribution in [3.8, 4) is 0 Å². The van der Waals surface area contributed by atoms with Gasteiger partial charge in [-0.1, -0.05) is 12.1 Å². The van der Waals surface area contributed by atoms with E-state index in [0.29, 0.717) is 25.1 Å². The molecule has 0 aromatic heterocycles. The highest BCUT2D eigenvalue weighted by Gasteiger charge is 2.21. The molecule has 0 saturated heterocycles. The lowest BCUT2D eigenvalue weighted by Crippen LogP contribution is -2.26. The number of amides is 1. The van der Waals surface area contributed by atoms with Gasteiger partial charge in [0.15, 0.2) is 0 Å². The maximum Gasteiger partial charge on any atom is 0.282 e. The van der Waals surface area contributed by atoms with Gasteiger partial charge in [0.05, 0.1) is 18.1 Å². The SMILES string of the molecule is Cc1cccc([N+](=O)[O-])c1C(=O)NCCCOCCO. The number of carbonyl (C=O) groups is 1. The molecule has 20 heavy (non-hydrogen) atoms. The van der Waals surface area contributed by atoms with Gasteiger partial charge in [-0.15, -0.1) is 0 Å². The molecule has 0 saturated carbocycles. The zero-order valence-electron chi connectivity index (χ0n) is 11.3. The van der Waals surface area contributed by atoms with E-state index in [-0.39, 0.29) is 24.5 Å². The molecule has 0 radical (unpaired) electrons. The summed E-state index contributed by atoms with van der Waals surface area (Å²) in [4.78, 5) is 22.3. The van der Waals surface area contributed by atoms with Crippen molar-refractivity contribution in [3.63, 3.8) is 0 Å². The van der Waals surface area contributed by atoms with Crippen LogP contribution in [-0.2, 0) is 4.74 Å². The Bertz CT molecular complexity index is 476. The van der Waals surface area contributed by atoms with E-state index in [1.165, 1.54) is 6.07 Å². The summed E-state index contributed by atoms with van der Waals surface area (Å²) >= 11 is 0. The quantitative estimate of drug-likeness (QED) is 0.421. The highest BCUT2D eigenvalue weighted by Crippen LogP contribution is 2.21. The molecule has 0 bridgehead atoms. The van der Waals surface area contributed by atoms with E-state index in [0.717, 1.165) is 0 Å². The smallest absolute Gasteiger partial charge is 0.282 e. The molecule has 0 atom stereocenters. The van der Waals surface area contributed by atoms with Crippen LogP contribution in [-0.4, -0.2) is 42.3 Å². The molecule has 0 unspecified atom stereocenters. The Hall–Kier alpha value is -1.99. The second-order valence-corrected chi connectivity index (χ2v) is 4.17. The fourth-order valence-electron chi connectivity index (χ4n) is 1.73. The van der Waals surface area contributed by atoms with Crippen LogP contribution in [0.1, 0.15) is 22.3 Å². The average molecular weight is 282 g/mol. The molecule has 7 nitrogen and oxygen atoms in total. The molecule has 1 rings (SSSR count). The zero-order chi connectivity index (χ0) is 15.0. The van der Waals surface area contributed by atoms with Gasteiger partial charge in [0.25, 0.3) is 11.6 Å². The van der Waals surface area contributed by atoms with Crippen molar-refractivity contribution in [2.24, 2.45) is 0 Å². The van der Waals surface area contributed by atoms with E-state index in [2.05, 4.69) is 5.32 Å². The lowest BCUT2D eigenvalue weighted by atomic mass is 10.1. The van der Waals surface area contributed by atoms with Crippen LogP contribution in [0.15, 0.2) is 18.2 Å². The number of hydrogen-bond acceptors (Lipinski definition) is 5. The van der Waals surface area contributed by atoms with E-state index in [1.54, 1.807) is 19.1 Å². The van der Waals surface area contributed by atoms with Crippen LogP contribution in [0.2, 0.25) is 0 Å². The standard InChI is InChI=1S/C13H18N2O5/c1-10-4-2-5-11(15(18)19)12(10)13(17)14-6-3-8-20-9-7-16/h2,4-5,16H,3,6-9H2,1H3,(H,14,17). The number of ether oxygens (including phenoxy) is 1. The summed E-state index contributed by atoms with van der Waals surface area (Å²) in [6, 6.07) is 4.52. The second-order valence-electron chi connectivity index (χ2n) is 4.17. The van der Waals surface area contributed by atoms with Crippen LogP contribution in [0.4, 0.5) is 5.69 Å². The number of nitro groups is 1. The number of nitrogens with zero attached hydrogens (tertiary/aromatic N) is 1. The maximum absolute atomic E-state index is 12.0. The summed E-state index contributed by atoms with van der Waals surface area (Å²) in [7, 11) is 0. The van der Waals surface area contributed by atoms with Crippen LogP contribution in [0.25, 0.3) is 0 Å². The summed E-state index contributed by atoms with van der Waals surface area (Å²) in [5, 5.41) is 22.0. The van der Waals surface area contributed by atoms with E-state index in [9.17, 15) is 14.9 Å². The minimum absolute atomic E-state index is 0.0399. The van der Waals surface area contributed by atoms with Gasteiger partial charge in [0, 0.05) is 19.2 Å². The molecule has 0 aliphatic carbocycles. The van der Waals surface area contributed by atoms with Gasteiger partial charge in [-0.2, -0.15) is 0 Å². The third-order valence-corrected chi connectivity index (χ3v) is 2.66. The fraction of sp³-hybridized carbons (Fsp3) is 0.462. The summed E-state index contributed by atoms with van der Waals surface area (Å²) in [5.41, 5.74) is 0.459. The minimum atomic E-state index is -0.563. The van der Waals surface area contributed by atoms with E-state index in [1.807, 2.05) is 0 Å². The number of hydrogen-bond donors (Lipinski definition) is 2. The van der Waals surface area contributed by atoms with E-state index in [4.69, 9.17) is 9.84 Å². The summed E-state index contributed by atoms with van der Waals surface area (Å²) in [6.07, 6.45) is 0.575. The van der Waals surface area contributed by atoms with Gasteiger partial charge in [-0.25, -0.2) is 0 Å². The Morgan fingerprint density at radius 2 is 2.20 bits per heavy atom. The lowest BCUT2D eigenvalue weighted by Gasteiger charge is -2.08. The average Bonchev–Trinajstić information content (AvgIpc) is 2.42. The molecular weight excluding hydrogens is 264 g/mol. The molecule has 7 heteroatoms. The third-order valence-electron chi connectivity index (χ3n) is 2.66. The first-order chi connectivity index (χ1) is 9.57. The largest absolute Gasteiger partial charge is 0.394 e. The normalized spacial score (nSPS) is 10.3. The van der Waals surface area contributed by atoms with Gasteiger partial charge in [-0.3, -0.25) is 14.9 Å². The second kappa shape index (κ2) is 8.23. The Labute approximate surface area is 116 Å². The van der Waals surface area contributed by atoms with Crippen molar-refractivity contribution >= 4 is 11.6 Å². The third kappa shape index (κ3) is 4.60. The number of aliphatic hydroxyl groups excluding tert-OH is 1. The fourth-order valence-corrected chi connectivity index (χ4v) is 1.73. The van der Waals surface area contributed by atoms with Crippen LogP contribution in [0.3, 0.4) is 0 Å². The van der Waals surface area contributed by atoms with Gasteiger partial charge < -0.3 is 15.2 Å². The van der Waals surface area contributed by atoms with Crippen molar-refractivity contribution in [1.29, 1.82) is 0 Å². The Balaban J connectivity index is 2.57. The van der Waals surface area contributed by atoms with Crippen molar-refractivity contribution in [2.45, 2.75) is 13.3 Å². The summed E-state index contributed by atoms with van der Waals surface area (Å²) in [5.74, 6) is -0.461. The predicted octanol–water partition coefficient (Wildman–Crippen LogP) is 1.03. The number of nitrogens with one attached hydrogen (secondary N) is 1. The molecule has 0 fully saturated rings. The van der Waals surface area contributed by atoms with Crippen molar-refractivity contribution in [2.75, 3.05) is 26.4 Å². The summed E-state index contributed by atoms with van der Waals surface area (Å²) < 4.78 is 5.05. The highest BCUT2D eigenvalue weighted by molar-refractivity contribution is 5.99. The molecule has 2 N–H and O–H groups in total. The Morgan fingerprint density at radius 1 is 1.45 bits per heavy atom. The molecule has 0 aliphatic heterocycles. The first-order valence-electron chi connectivity index (χ1n) is 6.28. The van der Waals surface area contributed by atoms with Crippen LogP contribution in [0.5, 0.6) is 0 Å². The molecule has 1 aromatic rings. The molecule has 1 aromatic carbocycles. The van der Waals surface area contributed by atoms with Crippen LogP contribution >= 0.6 is 0 Å². The number of carbonyl (C=O) groups excluding carboxylic acids is 1. The topological polar surface area (TPSA) is 102 Å². The van der Waals surface area contributed by atoms with Crippen LogP contribution in [0, 0.1) is 17.0 Å². The van der Waals surface area contributed by atoms with Gasteiger partial charge in [0.1, 0.15) is 5.56 Å². The molecule has 0 aliphatic rings. The first kappa shape index (κ1) is 16.1. The van der Waals surface area contributed by atoms with E-state index < -0.39 is 10.8 Å². The lowest BCUT2D eigenvalue weighted by molar-refractivity contribution is -0.385. The molecule has 0 spiro atoms. The Kier molecular flexibility index (Phi) is 6.61. The number of rotatable bonds is 8. The molecular formula is C13H18N2O5.